The molecule has 2 atom stereocenters. The van der Waals surface area contributed by atoms with Crippen molar-refractivity contribution < 1.29 is 9.90 Å². The molecule has 92 valence electrons. The van der Waals surface area contributed by atoms with Gasteiger partial charge in [0.25, 0.3) is 0 Å². The van der Waals surface area contributed by atoms with Gasteiger partial charge in [-0.05, 0) is 19.1 Å². The molecule has 17 heavy (non-hydrogen) atoms. The van der Waals surface area contributed by atoms with Crippen molar-refractivity contribution in [3.8, 4) is 0 Å². The van der Waals surface area contributed by atoms with Crippen molar-refractivity contribution in [3.05, 3.63) is 30.3 Å². The van der Waals surface area contributed by atoms with Gasteiger partial charge in [-0.2, -0.15) is 0 Å². The van der Waals surface area contributed by atoms with Crippen LogP contribution in [0.15, 0.2) is 30.3 Å². The van der Waals surface area contributed by atoms with Crippen molar-refractivity contribution in [1.82, 2.24) is 5.32 Å². The molecule has 2 rings (SSSR count). The van der Waals surface area contributed by atoms with Gasteiger partial charge in [0.2, 0.25) is 0 Å². The minimum atomic E-state index is -0.744. The van der Waals surface area contributed by atoms with E-state index in [4.69, 9.17) is 5.11 Å². The molecule has 1 aliphatic heterocycles. The summed E-state index contributed by atoms with van der Waals surface area (Å²) < 4.78 is 0. The fourth-order valence-corrected chi connectivity index (χ4v) is 2.45. The van der Waals surface area contributed by atoms with Gasteiger partial charge in [0.15, 0.2) is 0 Å². The largest absolute Gasteiger partial charge is 0.481 e. The molecule has 1 aromatic carbocycles. The molecule has 1 saturated heterocycles. The van der Waals surface area contributed by atoms with Crippen molar-refractivity contribution in [3.63, 3.8) is 0 Å². The second kappa shape index (κ2) is 5.19. The molecular formula is C13H18N2O2. The molecule has 0 aliphatic carbocycles. The molecule has 0 unspecified atom stereocenters. The predicted molar refractivity (Wildman–Crippen MR) is 67.3 cm³/mol. The first-order chi connectivity index (χ1) is 8.18. The minimum Gasteiger partial charge on any atom is -0.481 e. The zero-order valence-electron chi connectivity index (χ0n) is 9.97. The van der Waals surface area contributed by atoms with E-state index in [1.807, 2.05) is 30.3 Å². The highest BCUT2D eigenvalue weighted by Gasteiger charge is 2.29. The van der Waals surface area contributed by atoms with Gasteiger partial charge < -0.3 is 15.3 Å². The Hall–Kier alpha value is -1.55. The molecule has 2 N–H and O–H groups in total. The number of nitrogens with one attached hydrogen (secondary N) is 1. The molecule has 4 heteroatoms. The molecule has 0 spiro atoms. The lowest BCUT2D eigenvalue weighted by Crippen LogP contribution is -2.57. The molecule has 0 saturated carbocycles. The van der Waals surface area contributed by atoms with Crippen molar-refractivity contribution in [2.45, 2.75) is 25.4 Å². The number of carboxylic acids is 1. The van der Waals surface area contributed by atoms with E-state index in [0.717, 1.165) is 18.8 Å². The zero-order valence-corrected chi connectivity index (χ0v) is 9.97. The standard InChI is InChI=1S/C13H18N2O2/c1-10-8-14-9-12(7-13(16)17)15(10)11-5-3-2-4-6-11/h2-6,10,12,14H,7-9H2,1H3,(H,16,17)/t10-,12-/m0/s1. The van der Waals surface area contributed by atoms with Crippen LogP contribution >= 0.6 is 0 Å². The summed E-state index contributed by atoms with van der Waals surface area (Å²) in [5.41, 5.74) is 1.10. The average Bonchev–Trinajstić information content (AvgIpc) is 2.29. The second-order valence-corrected chi connectivity index (χ2v) is 4.50. The minimum absolute atomic E-state index is 0.0265. The Kier molecular flexibility index (Phi) is 3.64. The van der Waals surface area contributed by atoms with Crippen molar-refractivity contribution in [1.29, 1.82) is 0 Å². The highest BCUT2D eigenvalue weighted by Crippen LogP contribution is 2.23. The highest BCUT2D eigenvalue weighted by atomic mass is 16.4. The summed E-state index contributed by atoms with van der Waals surface area (Å²) in [4.78, 5) is 13.1. The molecule has 1 fully saturated rings. The van der Waals surface area contributed by atoms with E-state index in [9.17, 15) is 4.79 Å². The third-order valence-corrected chi connectivity index (χ3v) is 3.15. The van der Waals surface area contributed by atoms with E-state index in [1.54, 1.807) is 0 Å². The Labute approximate surface area is 101 Å². The molecule has 1 aliphatic rings. The number of hydrogen-bond acceptors (Lipinski definition) is 3. The van der Waals surface area contributed by atoms with Gasteiger partial charge in [0.05, 0.1) is 12.5 Å². The van der Waals surface area contributed by atoms with E-state index < -0.39 is 5.97 Å². The summed E-state index contributed by atoms with van der Waals surface area (Å²) >= 11 is 0. The lowest BCUT2D eigenvalue weighted by molar-refractivity contribution is -0.137. The van der Waals surface area contributed by atoms with Crippen LogP contribution in [0.25, 0.3) is 0 Å². The van der Waals surface area contributed by atoms with Crippen LogP contribution in [0.3, 0.4) is 0 Å². The van der Waals surface area contributed by atoms with Gasteiger partial charge in [-0.25, -0.2) is 0 Å². The van der Waals surface area contributed by atoms with Crippen LogP contribution in [0.1, 0.15) is 13.3 Å². The van der Waals surface area contributed by atoms with Crippen LogP contribution in [0.5, 0.6) is 0 Å². The molecule has 0 aromatic heterocycles. The molecular weight excluding hydrogens is 216 g/mol. The maximum absolute atomic E-state index is 10.9. The van der Waals surface area contributed by atoms with Crippen LogP contribution in [0.2, 0.25) is 0 Å². The number of anilines is 1. The SMILES string of the molecule is C[C@H]1CNC[C@H](CC(=O)O)N1c1ccccc1. The summed E-state index contributed by atoms with van der Waals surface area (Å²) in [6.45, 7) is 3.74. The Bertz CT molecular complexity index is 380. The lowest BCUT2D eigenvalue weighted by atomic mass is 10.0. The molecule has 1 aromatic rings. The Morgan fingerprint density at radius 1 is 1.41 bits per heavy atom. The summed E-state index contributed by atoms with van der Waals surface area (Å²) in [6, 6.07) is 10.4. The fourth-order valence-electron chi connectivity index (χ4n) is 2.45. The van der Waals surface area contributed by atoms with E-state index in [2.05, 4.69) is 17.1 Å². The molecule has 4 nitrogen and oxygen atoms in total. The van der Waals surface area contributed by atoms with E-state index in [0.29, 0.717) is 6.04 Å². The summed E-state index contributed by atoms with van der Waals surface area (Å²) in [5.74, 6) is -0.744. The summed E-state index contributed by atoms with van der Waals surface area (Å²) in [5, 5.41) is 12.2. The topological polar surface area (TPSA) is 52.6 Å². The first-order valence-corrected chi connectivity index (χ1v) is 5.94. The fraction of sp³-hybridized carbons (Fsp3) is 0.462. The van der Waals surface area contributed by atoms with E-state index in [1.165, 1.54) is 0 Å². The maximum atomic E-state index is 10.9. The van der Waals surface area contributed by atoms with Crippen molar-refractivity contribution in [2.24, 2.45) is 0 Å². The number of piperazine rings is 1. The second-order valence-electron chi connectivity index (χ2n) is 4.50. The molecule has 1 heterocycles. The maximum Gasteiger partial charge on any atom is 0.305 e. The first kappa shape index (κ1) is 11.9. The normalized spacial score (nSPS) is 24.6. The number of hydrogen-bond donors (Lipinski definition) is 2. The van der Waals surface area contributed by atoms with Crippen LogP contribution in [0, 0.1) is 0 Å². The van der Waals surface area contributed by atoms with Gasteiger partial charge in [0.1, 0.15) is 0 Å². The molecule has 0 bridgehead atoms. The summed E-state index contributed by atoms with van der Waals surface area (Å²) in [6.07, 6.45) is 0.173. The number of rotatable bonds is 3. The Morgan fingerprint density at radius 3 is 2.76 bits per heavy atom. The zero-order chi connectivity index (χ0) is 12.3. The third kappa shape index (κ3) is 2.77. The smallest absolute Gasteiger partial charge is 0.305 e. The first-order valence-electron chi connectivity index (χ1n) is 5.94. The van der Waals surface area contributed by atoms with Crippen LogP contribution in [-0.2, 0) is 4.79 Å². The average molecular weight is 234 g/mol. The number of para-hydroxylation sites is 1. The molecule has 0 radical (unpaired) electrons. The summed E-state index contributed by atoms with van der Waals surface area (Å²) in [7, 11) is 0. The van der Waals surface area contributed by atoms with Crippen molar-refractivity contribution >= 4 is 11.7 Å². The number of nitrogens with zero attached hydrogens (tertiary/aromatic N) is 1. The van der Waals surface area contributed by atoms with Gasteiger partial charge in [0, 0.05) is 24.8 Å². The third-order valence-electron chi connectivity index (χ3n) is 3.15. The van der Waals surface area contributed by atoms with Gasteiger partial charge >= 0.3 is 5.97 Å². The van der Waals surface area contributed by atoms with Gasteiger partial charge in [-0.3, -0.25) is 4.79 Å². The number of carbonyl (C=O) groups is 1. The van der Waals surface area contributed by atoms with E-state index >= 15 is 0 Å². The molecule has 0 amide bonds. The lowest BCUT2D eigenvalue weighted by Gasteiger charge is -2.42. The number of aliphatic carboxylic acids is 1. The quantitative estimate of drug-likeness (QED) is 0.828. The van der Waals surface area contributed by atoms with Crippen LogP contribution in [0.4, 0.5) is 5.69 Å². The van der Waals surface area contributed by atoms with Gasteiger partial charge in [-0.15, -0.1) is 0 Å². The number of benzene rings is 1. The Balaban J connectivity index is 2.22. The van der Waals surface area contributed by atoms with E-state index in [-0.39, 0.29) is 12.5 Å². The van der Waals surface area contributed by atoms with Crippen molar-refractivity contribution in [2.75, 3.05) is 18.0 Å². The predicted octanol–water partition coefficient (Wildman–Crippen LogP) is 1.33. The number of carboxylic acid groups (broad SMARTS) is 1. The Morgan fingerprint density at radius 2 is 2.12 bits per heavy atom. The van der Waals surface area contributed by atoms with Crippen LogP contribution in [-0.4, -0.2) is 36.2 Å². The highest BCUT2D eigenvalue weighted by molar-refractivity contribution is 5.69. The monoisotopic (exact) mass is 234 g/mol. The van der Waals surface area contributed by atoms with Crippen LogP contribution < -0.4 is 10.2 Å². The van der Waals surface area contributed by atoms with Gasteiger partial charge in [-0.1, -0.05) is 18.2 Å².